The molecule has 0 aliphatic carbocycles. The van der Waals surface area contributed by atoms with Crippen LogP contribution in [0.25, 0.3) is 0 Å². The molecule has 0 bridgehead atoms. The van der Waals surface area contributed by atoms with Gasteiger partial charge in [0, 0.05) is 24.8 Å². The first-order valence-corrected chi connectivity index (χ1v) is 12.1. The maximum atomic E-state index is 13.2. The molecule has 1 aromatic heterocycles. The summed E-state index contributed by atoms with van der Waals surface area (Å²) in [6.07, 6.45) is 2.94. The van der Waals surface area contributed by atoms with E-state index < -0.39 is 24.4 Å². The molecule has 3 rings (SSSR count). The largest absolute Gasteiger partial charge is 0.460 e. The van der Waals surface area contributed by atoms with Gasteiger partial charge < -0.3 is 30.3 Å². The van der Waals surface area contributed by atoms with E-state index in [0.717, 1.165) is 5.56 Å². The van der Waals surface area contributed by atoms with Crippen molar-refractivity contribution in [2.45, 2.75) is 64.8 Å². The fourth-order valence-electron chi connectivity index (χ4n) is 4.04. The van der Waals surface area contributed by atoms with Gasteiger partial charge in [0.2, 0.25) is 5.91 Å². The van der Waals surface area contributed by atoms with Crippen molar-refractivity contribution in [2.75, 3.05) is 18.5 Å². The van der Waals surface area contributed by atoms with Gasteiger partial charge in [0.25, 0.3) is 5.91 Å². The summed E-state index contributed by atoms with van der Waals surface area (Å²) in [6.45, 7) is 7.27. The summed E-state index contributed by atoms with van der Waals surface area (Å²) in [5.41, 5.74) is 0.0500. The Morgan fingerprint density at radius 1 is 1.28 bits per heavy atom. The molecular weight excluding hydrogens is 464 g/mol. The molecule has 0 spiro atoms. The molecule has 4 N–H and O–H groups in total. The lowest BCUT2D eigenvalue weighted by Gasteiger charge is -2.28. The first-order valence-electron chi connectivity index (χ1n) is 12.1. The summed E-state index contributed by atoms with van der Waals surface area (Å²) < 4.78 is 7.39. The molecular formula is C26H36N4O6. The van der Waals surface area contributed by atoms with E-state index >= 15 is 0 Å². The van der Waals surface area contributed by atoms with Gasteiger partial charge in [-0.05, 0) is 43.9 Å². The van der Waals surface area contributed by atoms with E-state index in [1.165, 1.54) is 15.7 Å². The van der Waals surface area contributed by atoms with Gasteiger partial charge in [-0.3, -0.25) is 14.3 Å². The Hall–Kier alpha value is -3.21. The number of carbonyl (C=O) groups excluding carboxylic acids is 2. The minimum Gasteiger partial charge on any atom is -0.460 e. The maximum Gasteiger partial charge on any atom is 0.251 e. The number of rotatable bonds is 12. The van der Waals surface area contributed by atoms with Crippen molar-refractivity contribution in [3.05, 3.63) is 53.9 Å². The maximum absolute atomic E-state index is 13.2. The molecule has 1 aliphatic heterocycles. The van der Waals surface area contributed by atoms with Crippen LogP contribution in [0.3, 0.4) is 0 Å². The predicted octanol–water partition coefficient (Wildman–Crippen LogP) is 1.71. The molecule has 36 heavy (non-hydrogen) atoms. The van der Waals surface area contributed by atoms with Gasteiger partial charge in [0.05, 0.1) is 31.4 Å². The third-order valence-electron chi connectivity index (χ3n) is 5.55. The molecule has 0 radical (unpaired) electrons. The second-order valence-electron chi connectivity index (χ2n) is 10.2. The first kappa shape index (κ1) is 27.4. The van der Waals surface area contributed by atoms with E-state index in [1.54, 1.807) is 32.2 Å². The van der Waals surface area contributed by atoms with Gasteiger partial charge in [0.15, 0.2) is 5.82 Å². The number of nitrogens with one attached hydrogen (secondary N) is 1. The summed E-state index contributed by atoms with van der Waals surface area (Å²) >= 11 is 0. The second kappa shape index (κ2) is 11.7. The highest BCUT2D eigenvalue weighted by Gasteiger charge is 2.35. The van der Waals surface area contributed by atoms with E-state index in [9.17, 15) is 19.8 Å². The molecule has 1 aromatic carbocycles. The summed E-state index contributed by atoms with van der Waals surface area (Å²) in [6, 6.07) is 8.20. The smallest absolute Gasteiger partial charge is 0.251 e. The average molecular weight is 501 g/mol. The van der Waals surface area contributed by atoms with Crippen molar-refractivity contribution >= 4 is 17.6 Å². The standard InChI is InChI=1S/C26H36N4O6/c1-17(2)10-22(25(34)27-23-8-9-29(28-23)14-19(32)16-31)30-15-21(12-24(30)33)36-20-7-5-6-18(11-20)13-26(3,4)35/h5-9,11-12,17,19,22,31-32,35H,10,13-16H2,1-4H3,(H,27,28,34)/t19-,22+/m1/s1. The van der Waals surface area contributed by atoms with Crippen LogP contribution in [0.15, 0.2) is 48.4 Å². The van der Waals surface area contributed by atoms with Crippen LogP contribution in [0.4, 0.5) is 5.82 Å². The van der Waals surface area contributed by atoms with E-state index in [4.69, 9.17) is 9.84 Å². The van der Waals surface area contributed by atoms with Crippen molar-refractivity contribution in [1.29, 1.82) is 0 Å². The van der Waals surface area contributed by atoms with Crippen LogP contribution in [-0.2, 0) is 22.6 Å². The Balaban J connectivity index is 1.68. The fourth-order valence-corrected chi connectivity index (χ4v) is 4.04. The van der Waals surface area contributed by atoms with Gasteiger partial charge in [0.1, 0.15) is 17.6 Å². The Labute approximate surface area is 211 Å². The van der Waals surface area contributed by atoms with Crippen LogP contribution in [-0.4, -0.2) is 72.7 Å². The molecule has 2 amide bonds. The number of anilines is 1. The number of benzene rings is 1. The number of amides is 2. The number of carbonyl (C=O) groups is 2. The highest BCUT2D eigenvalue weighted by molar-refractivity contribution is 5.99. The topological polar surface area (TPSA) is 137 Å². The molecule has 0 saturated carbocycles. The molecule has 1 aliphatic rings. The molecule has 2 aromatic rings. The molecule has 2 atom stereocenters. The van der Waals surface area contributed by atoms with E-state index in [0.29, 0.717) is 30.2 Å². The Morgan fingerprint density at radius 2 is 2.03 bits per heavy atom. The number of nitrogens with zero attached hydrogens (tertiary/aromatic N) is 3. The van der Waals surface area contributed by atoms with E-state index in [1.807, 2.05) is 32.0 Å². The lowest BCUT2D eigenvalue weighted by molar-refractivity contribution is -0.133. The van der Waals surface area contributed by atoms with Crippen molar-refractivity contribution in [2.24, 2.45) is 5.92 Å². The van der Waals surface area contributed by atoms with Crippen LogP contribution in [0.1, 0.15) is 39.7 Å². The zero-order chi connectivity index (χ0) is 26.5. The highest BCUT2D eigenvalue weighted by atomic mass is 16.5. The average Bonchev–Trinajstić information content (AvgIpc) is 3.36. The molecule has 10 heteroatoms. The van der Waals surface area contributed by atoms with Gasteiger partial charge in [-0.15, -0.1) is 0 Å². The second-order valence-corrected chi connectivity index (χ2v) is 10.2. The van der Waals surface area contributed by atoms with Crippen LogP contribution in [0.2, 0.25) is 0 Å². The van der Waals surface area contributed by atoms with Crippen LogP contribution in [0.5, 0.6) is 5.75 Å². The number of ether oxygens (including phenoxy) is 1. The van der Waals surface area contributed by atoms with Crippen molar-refractivity contribution < 1.29 is 29.6 Å². The highest BCUT2D eigenvalue weighted by Crippen LogP contribution is 2.25. The molecule has 0 fully saturated rings. The molecule has 2 heterocycles. The van der Waals surface area contributed by atoms with Gasteiger partial charge in [-0.25, -0.2) is 0 Å². The minimum absolute atomic E-state index is 0.0913. The van der Waals surface area contributed by atoms with Crippen LogP contribution < -0.4 is 10.1 Å². The molecule has 0 saturated heterocycles. The Morgan fingerprint density at radius 3 is 2.69 bits per heavy atom. The third-order valence-corrected chi connectivity index (χ3v) is 5.55. The van der Waals surface area contributed by atoms with E-state index in [-0.39, 0.29) is 30.8 Å². The summed E-state index contributed by atoms with van der Waals surface area (Å²) in [5.74, 6) is 0.747. The van der Waals surface area contributed by atoms with Gasteiger partial charge >= 0.3 is 0 Å². The number of aromatic nitrogens is 2. The van der Waals surface area contributed by atoms with E-state index in [2.05, 4.69) is 10.4 Å². The molecule has 0 unspecified atom stereocenters. The summed E-state index contributed by atoms with van der Waals surface area (Å²) in [7, 11) is 0. The summed E-state index contributed by atoms with van der Waals surface area (Å²) in [4.78, 5) is 27.5. The first-order chi connectivity index (χ1) is 16.9. The SMILES string of the molecule is CC(C)C[C@@H](C(=O)Nc1ccn(C[C@@H](O)CO)n1)N1CC(Oc2cccc(CC(C)(C)O)c2)=CC1=O. The predicted molar refractivity (Wildman–Crippen MR) is 134 cm³/mol. The van der Waals surface area contributed by atoms with Crippen LogP contribution in [0, 0.1) is 5.92 Å². The monoisotopic (exact) mass is 500 g/mol. The normalized spacial score (nSPS) is 15.7. The zero-order valence-electron chi connectivity index (χ0n) is 21.2. The van der Waals surface area contributed by atoms with Gasteiger partial charge in [-0.2, -0.15) is 5.10 Å². The quantitative estimate of drug-likeness (QED) is 0.348. The number of hydrogen-bond donors (Lipinski definition) is 4. The molecule has 196 valence electrons. The van der Waals surface area contributed by atoms with Crippen molar-refractivity contribution in [3.8, 4) is 5.75 Å². The Bertz CT molecular complexity index is 1090. The number of aliphatic hydroxyl groups is 3. The Kier molecular flexibility index (Phi) is 8.89. The van der Waals surface area contributed by atoms with Crippen molar-refractivity contribution in [1.82, 2.24) is 14.7 Å². The lowest BCUT2D eigenvalue weighted by Crippen LogP contribution is -2.46. The van der Waals surface area contributed by atoms with Gasteiger partial charge in [-0.1, -0.05) is 26.0 Å². The fraction of sp³-hybridized carbons (Fsp3) is 0.500. The minimum atomic E-state index is -0.954. The molecule has 10 nitrogen and oxygen atoms in total. The summed E-state index contributed by atoms with van der Waals surface area (Å²) in [5, 5.41) is 35.6. The third kappa shape index (κ3) is 7.91. The zero-order valence-corrected chi connectivity index (χ0v) is 21.2. The van der Waals surface area contributed by atoms with Crippen LogP contribution >= 0.6 is 0 Å². The number of hydrogen-bond acceptors (Lipinski definition) is 7. The lowest BCUT2D eigenvalue weighted by atomic mass is 9.99. The van der Waals surface area contributed by atoms with Crippen molar-refractivity contribution in [3.63, 3.8) is 0 Å². The number of aliphatic hydroxyl groups excluding tert-OH is 2.